The lowest BCUT2D eigenvalue weighted by atomic mass is 10.3. The number of hydrogen-bond acceptors (Lipinski definition) is 2. The quantitative estimate of drug-likeness (QED) is 0.418. The Bertz CT molecular complexity index is 96.3. The molecule has 1 rings (SSSR count). The first kappa shape index (κ1) is 4.62. The molecule has 0 spiro atoms. The van der Waals surface area contributed by atoms with Crippen LogP contribution in [-0.4, -0.2) is 24.3 Å². The fourth-order valence-electron chi connectivity index (χ4n) is 0.715. The van der Waals surface area contributed by atoms with Crippen molar-refractivity contribution < 1.29 is 0 Å². The Morgan fingerprint density at radius 3 is 2.57 bits per heavy atom. The van der Waals surface area contributed by atoms with Crippen LogP contribution in [0.1, 0.15) is 13.3 Å². The van der Waals surface area contributed by atoms with E-state index in [4.69, 9.17) is 0 Å². The predicted octanol–water partition coefficient (Wildman–Crippen LogP) is 0.0336. The number of hydrazone groups is 1. The predicted molar refractivity (Wildman–Crippen MR) is 30.1 cm³/mol. The standard InChI is InChI=1S/C5H10N2/c1-5-3-4-7(2)6-5/h3-4H2,1-2H3/q+1. The molecular formula is C5H10N2+. The van der Waals surface area contributed by atoms with Gasteiger partial charge in [-0.1, -0.05) is 0 Å². The van der Waals surface area contributed by atoms with Crippen molar-refractivity contribution in [3.8, 4) is 0 Å². The Morgan fingerprint density at radius 2 is 2.43 bits per heavy atom. The fraction of sp³-hybridized carbons (Fsp3) is 0.800. The minimum absolute atomic E-state index is 1.10. The monoisotopic (exact) mass is 98.1 g/mol. The van der Waals surface area contributed by atoms with Gasteiger partial charge in [-0.25, -0.2) is 0 Å². The molecule has 0 fully saturated rings. The highest BCUT2D eigenvalue weighted by atomic mass is 15.4. The first-order valence-corrected chi connectivity index (χ1v) is 2.54. The van der Waals surface area contributed by atoms with Crippen LogP contribution in [0, 0.1) is 0 Å². The van der Waals surface area contributed by atoms with Crippen molar-refractivity contribution in [1.82, 2.24) is 10.1 Å². The van der Waals surface area contributed by atoms with Gasteiger partial charge in [0.05, 0.1) is 20.0 Å². The molecule has 1 aliphatic rings. The molecule has 0 N–H and O–H groups in total. The molecule has 0 aromatic rings. The third-order valence-corrected chi connectivity index (χ3v) is 1.14. The average molecular weight is 98.1 g/mol. The summed E-state index contributed by atoms with van der Waals surface area (Å²) in [6.45, 7) is 3.16. The first-order chi connectivity index (χ1) is 3.29. The Balaban J connectivity index is 2.50. The molecule has 1 radical (unpaired) electrons. The van der Waals surface area contributed by atoms with Crippen LogP contribution in [0.4, 0.5) is 0 Å². The summed E-state index contributed by atoms with van der Waals surface area (Å²) in [6.07, 6.45) is 1.15. The molecule has 7 heavy (non-hydrogen) atoms. The zero-order chi connectivity index (χ0) is 5.28. The Labute approximate surface area is 43.8 Å². The van der Waals surface area contributed by atoms with Crippen LogP contribution < -0.4 is 5.10 Å². The Kier molecular flexibility index (Phi) is 1.01. The van der Waals surface area contributed by atoms with Crippen LogP contribution in [0.3, 0.4) is 0 Å². The van der Waals surface area contributed by atoms with E-state index in [-0.39, 0.29) is 0 Å². The minimum Gasteiger partial charge on any atom is -0.124 e. The molecule has 1 heterocycles. The molecule has 2 nitrogen and oxygen atoms in total. The van der Waals surface area contributed by atoms with Crippen molar-refractivity contribution >= 4 is 5.71 Å². The molecule has 0 saturated carbocycles. The number of hydrogen-bond donors (Lipinski definition) is 0. The van der Waals surface area contributed by atoms with Gasteiger partial charge in [-0.2, -0.15) is 0 Å². The smallest absolute Gasteiger partial charge is 0.124 e. The zero-order valence-electron chi connectivity index (χ0n) is 4.81. The average Bonchev–Trinajstić information content (AvgIpc) is 1.87. The topological polar surface area (TPSA) is 17.3 Å². The lowest BCUT2D eigenvalue weighted by molar-refractivity contribution is 0.345. The van der Waals surface area contributed by atoms with Crippen LogP contribution >= 0.6 is 0 Å². The van der Waals surface area contributed by atoms with Crippen LogP contribution in [0.25, 0.3) is 0 Å². The van der Waals surface area contributed by atoms with Crippen molar-refractivity contribution in [2.75, 3.05) is 13.6 Å². The van der Waals surface area contributed by atoms with Crippen LogP contribution in [0.2, 0.25) is 0 Å². The van der Waals surface area contributed by atoms with Gasteiger partial charge in [0.1, 0.15) is 0 Å². The van der Waals surface area contributed by atoms with Gasteiger partial charge >= 0.3 is 0 Å². The fourth-order valence-corrected chi connectivity index (χ4v) is 0.715. The molecule has 0 atom stereocenters. The highest BCUT2D eigenvalue weighted by Gasteiger charge is 2.18. The number of nitrogens with zero attached hydrogens (tertiary/aromatic N) is 2. The van der Waals surface area contributed by atoms with E-state index in [1.165, 1.54) is 5.71 Å². The van der Waals surface area contributed by atoms with Gasteiger partial charge in [0.15, 0.2) is 5.10 Å². The second-order valence-corrected chi connectivity index (χ2v) is 1.97. The van der Waals surface area contributed by atoms with Gasteiger partial charge in [0, 0.05) is 6.92 Å². The van der Waals surface area contributed by atoms with Gasteiger partial charge in [-0.05, 0) is 0 Å². The van der Waals surface area contributed by atoms with Crippen molar-refractivity contribution in [3.63, 3.8) is 0 Å². The van der Waals surface area contributed by atoms with E-state index >= 15 is 0 Å². The van der Waals surface area contributed by atoms with E-state index in [1.54, 1.807) is 0 Å². The largest absolute Gasteiger partial charge is 0.262 e. The molecule has 0 aromatic heterocycles. The van der Waals surface area contributed by atoms with Crippen molar-refractivity contribution in [2.45, 2.75) is 13.3 Å². The molecule has 2 heteroatoms. The second kappa shape index (κ2) is 1.52. The van der Waals surface area contributed by atoms with Gasteiger partial charge in [0.2, 0.25) is 0 Å². The maximum Gasteiger partial charge on any atom is 0.262 e. The first-order valence-electron chi connectivity index (χ1n) is 2.54. The number of rotatable bonds is 0. The highest BCUT2D eigenvalue weighted by molar-refractivity contribution is 5.81. The lowest BCUT2D eigenvalue weighted by Crippen LogP contribution is -2.14. The molecular weight excluding hydrogens is 88.1 g/mol. The van der Waals surface area contributed by atoms with Gasteiger partial charge < -0.3 is 0 Å². The molecule has 0 unspecified atom stereocenters. The van der Waals surface area contributed by atoms with Gasteiger partial charge in [-0.3, -0.25) is 0 Å². The van der Waals surface area contributed by atoms with Crippen LogP contribution in [-0.2, 0) is 0 Å². The summed E-state index contributed by atoms with van der Waals surface area (Å²) in [4.78, 5) is 0. The van der Waals surface area contributed by atoms with E-state index in [2.05, 4.69) is 12.0 Å². The van der Waals surface area contributed by atoms with E-state index in [1.807, 2.05) is 12.1 Å². The summed E-state index contributed by atoms with van der Waals surface area (Å²) in [5.74, 6) is 0. The van der Waals surface area contributed by atoms with Crippen molar-refractivity contribution in [3.05, 3.63) is 0 Å². The molecule has 1 aliphatic heterocycles. The molecule has 39 valence electrons. The Hall–Kier alpha value is -0.530. The maximum absolute atomic E-state index is 4.14. The third kappa shape index (κ3) is 0.918. The molecule has 0 aliphatic carbocycles. The maximum atomic E-state index is 4.14. The SMILES string of the molecule is CC1=[N+]N(C)CC1. The van der Waals surface area contributed by atoms with E-state index in [0.717, 1.165) is 13.0 Å². The summed E-state index contributed by atoms with van der Waals surface area (Å²) >= 11 is 0. The van der Waals surface area contributed by atoms with Crippen LogP contribution in [0.15, 0.2) is 0 Å². The molecule has 0 amide bonds. The second-order valence-electron chi connectivity index (χ2n) is 1.97. The molecule has 0 saturated heterocycles. The summed E-state index contributed by atoms with van der Waals surface area (Å²) < 4.78 is 0. The summed E-state index contributed by atoms with van der Waals surface area (Å²) in [5.41, 5.74) is 1.25. The van der Waals surface area contributed by atoms with Crippen molar-refractivity contribution in [2.24, 2.45) is 0 Å². The lowest BCUT2D eigenvalue weighted by Gasteiger charge is -1.85. The van der Waals surface area contributed by atoms with Crippen LogP contribution in [0.5, 0.6) is 0 Å². The van der Waals surface area contributed by atoms with Gasteiger partial charge in [-0.15, -0.1) is 5.01 Å². The molecule has 0 bridgehead atoms. The van der Waals surface area contributed by atoms with Crippen molar-refractivity contribution in [1.29, 1.82) is 0 Å². The Morgan fingerprint density at radius 1 is 1.71 bits per heavy atom. The van der Waals surface area contributed by atoms with E-state index < -0.39 is 0 Å². The van der Waals surface area contributed by atoms with Gasteiger partial charge in [0.25, 0.3) is 5.71 Å². The zero-order valence-corrected chi connectivity index (χ0v) is 4.81. The summed E-state index contributed by atoms with van der Waals surface area (Å²) in [7, 11) is 2.00. The van der Waals surface area contributed by atoms with E-state index in [0.29, 0.717) is 0 Å². The minimum atomic E-state index is 1.10. The molecule has 0 aromatic carbocycles. The van der Waals surface area contributed by atoms with E-state index in [9.17, 15) is 0 Å². The highest BCUT2D eigenvalue weighted by Crippen LogP contribution is 1.91. The normalized spacial score (nSPS) is 20.3. The third-order valence-electron chi connectivity index (χ3n) is 1.14. The summed E-state index contributed by atoms with van der Waals surface area (Å²) in [6, 6.07) is 0. The summed E-state index contributed by atoms with van der Waals surface area (Å²) in [5, 5.41) is 6.11.